The molecule has 0 N–H and O–H groups in total. The van der Waals surface area contributed by atoms with Gasteiger partial charge in [-0.1, -0.05) is 22.9 Å². The normalized spacial score (nSPS) is 13.3. The summed E-state index contributed by atoms with van der Waals surface area (Å²) in [5.41, 5.74) is 6.52. The second-order valence-electron chi connectivity index (χ2n) is 7.92. The van der Waals surface area contributed by atoms with E-state index in [9.17, 15) is 4.79 Å². The van der Waals surface area contributed by atoms with Crippen molar-refractivity contribution in [2.24, 2.45) is 0 Å². The number of hydrogen-bond donors (Lipinski definition) is 0. The van der Waals surface area contributed by atoms with E-state index in [0.717, 1.165) is 29.8 Å². The number of carbonyl (C=O) groups excluding carboxylic acids is 1. The highest BCUT2D eigenvalue weighted by atomic mass is 16.5. The van der Waals surface area contributed by atoms with Gasteiger partial charge in [0.25, 0.3) is 11.6 Å². The Bertz CT molecular complexity index is 1290. The zero-order chi connectivity index (χ0) is 21.5. The highest BCUT2D eigenvalue weighted by molar-refractivity contribution is 6.14. The minimum absolute atomic E-state index is 0.0572. The maximum Gasteiger partial charge on any atom is 0.259 e. The third kappa shape index (κ3) is 3.34. The van der Waals surface area contributed by atoms with Gasteiger partial charge in [0.1, 0.15) is 5.75 Å². The van der Waals surface area contributed by atoms with Crippen LogP contribution in [0.4, 0.5) is 5.69 Å². The molecule has 1 aliphatic heterocycles. The molecule has 0 saturated carbocycles. The number of benzene rings is 2. The van der Waals surface area contributed by atoms with E-state index in [1.165, 1.54) is 11.1 Å². The maximum absolute atomic E-state index is 13.8. The van der Waals surface area contributed by atoms with Gasteiger partial charge < -0.3 is 14.2 Å². The average Bonchev–Trinajstić information content (AvgIpc) is 3.18. The van der Waals surface area contributed by atoms with E-state index in [2.05, 4.69) is 29.2 Å². The van der Waals surface area contributed by atoms with Gasteiger partial charge in [0.15, 0.2) is 0 Å². The van der Waals surface area contributed by atoms with Crippen LogP contribution in [0.15, 0.2) is 53.1 Å². The summed E-state index contributed by atoms with van der Waals surface area (Å²) >= 11 is 0. The highest BCUT2D eigenvalue weighted by Crippen LogP contribution is 2.33. The predicted molar refractivity (Wildman–Crippen MR) is 120 cm³/mol. The Kier molecular flexibility index (Phi) is 4.70. The Morgan fingerprint density at radius 3 is 2.68 bits per heavy atom. The highest BCUT2D eigenvalue weighted by Gasteiger charge is 2.27. The van der Waals surface area contributed by atoms with Crippen molar-refractivity contribution in [1.29, 1.82) is 0 Å². The van der Waals surface area contributed by atoms with E-state index in [1.54, 1.807) is 7.11 Å². The molecule has 0 spiro atoms. The summed E-state index contributed by atoms with van der Waals surface area (Å²) in [6, 6.07) is 15.7. The van der Waals surface area contributed by atoms with Crippen LogP contribution < -0.4 is 9.64 Å². The summed E-state index contributed by atoms with van der Waals surface area (Å²) in [6.45, 7) is 4.60. The van der Waals surface area contributed by atoms with Gasteiger partial charge in [-0.15, -0.1) is 0 Å². The number of hydrogen-bond acceptors (Lipinski definition) is 5. The largest absolute Gasteiger partial charge is 0.497 e. The molecule has 0 unspecified atom stereocenters. The van der Waals surface area contributed by atoms with Gasteiger partial charge in [0.05, 0.1) is 29.4 Å². The number of pyridine rings is 1. The minimum Gasteiger partial charge on any atom is -0.497 e. The number of fused-ring (bicyclic) bond motifs is 2. The lowest BCUT2D eigenvalue weighted by atomic mass is 9.98. The Balaban J connectivity index is 1.64. The molecule has 1 amide bonds. The summed E-state index contributed by atoms with van der Waals surface area (Å²) in [5.74, 6) is 0.704. The van der Waals surface area contributed by atoms with E-state index < -0.39 is 0 Å². The number of carbonyl (C=O) groups is 1. The van der Waals surface area contributed by atoms with Crippen LogP contribution in [0, 0.1) is 13.8 Å². The van der Waals surface area contributed by atoms with Crippen molar-refractivity contribution >= 4 is 22.7 Å². The molecule has 2 aromatic carbocycles. The average molecular weight is 413 g/mol. The zero-order valence-corrected chi connectivity index (χ0v) is 17.8. The van der Waals surface area contributed by atoms with Crippen molar-refractivity contribution in [3.8, 4) is 17.0 Å². The van der Waals surface area contributed by atoms with Gasteiger partial charge in [-0.25, -0.2) is 4.98 Å². The van der Waals surface area contributed by atoms with Crippen LogP contribution in [0.3, 0.4) is 0 Å². The Morgan fingerprint density at radius 2 is 1.90 bits per heavy atom. The van der Waals surface area contributed by atoms with Crippen LogP contribution in [-0.4, -0.2) is 29.7 Å². The first kappa shape index (κ1) is 19.3. The molecule has 6 nitrogen and oxygen atoms in total. The SMILES string of the molecule is COc1ccc(-c2cc(C(=O)N3CCCc4cc(C)ccc43)c3c(C)noc3n2)cc1. The lowest BCUT2D eigenvalue weighted by Crippen LogP contribution is -2.35. The van der Waals surface area contributed by atoms with Crippen molar-refractivity contribution in [3.05, 3.63) is 70.9 Å². The summed E-state index contributed by atoms with van der Waals surface area (Å²) in [7, 11) is 1.63. The quantitative estimate of drug-likeness (QED) is 0.467. The second kappa shape index (κ2) is 7.54. The van der Waals surface area contributed by atoms with Gasteiger partial charge in [-0.05, 0) is 68.7 Å². The monoisotopic (exact) mass is 413 g/mol. The number of aromatic nitrogens is 2. The zero-order valence-electron chi connectivity index (χ0n) is 17.8. The van der Waals surface area contributed by atoms with Crippen molar-refractivity contribution in [2.75, 3.05) is 18.6 Å². The summed E-state index contributed by atoms with van der Waals surface area (Å²) in [5, 5.41) is 4.74. The van der Waals surface area contributed by atoms with E-state index in [1.807, 2.05) is 48.2 Å². The third-order valence-corrected chi connectivity index (χ3v) is 5.83. The van der Waals surface area contributed by atoms with Gasteiger partial charge in [-0.3, -0.25) is 4.79 Å². The molecule has 3 heterocycles. The standard InChI is InChI=1S/C25H23N3O3/c1-15-6-11-22-18(13-15)5-4-12-28(22)25(29)20-14-21(17-7-9-19(30-3)10-8-17)26-24-23(20)16(2)27-31-24/h6-11,13-14H,4-5,12H2,1-3H3. The number of methoxy groups -OCH3 is 1. The van der Waals surface area contributed by atoms with Crippen LogP contribution in [-0.2, 0) is 6.42 Å². The van der Waals surface area contributed by atoms with Crippen LogP contribution in [0.5, 0.6) is 5.75 Å². The number of amides is 1. The lowest BCUT2D eigenvalue weighted by molar-refractivity contribution is 0.0986. The van der Waals surface area contributed by atoms with Gasteiger partial charge in [0, 0.05) is 17.8 Å². The molecule has 1 aliphatic rings. The predicted octanol–water partition coefficient (Wildman–Crippen LogP) is 5.11. The summed E-state index contributed by atoms with van der Waals surface area (Å²) in [6.07, 6.45) is 1.92. The van der Waals surface area contributed by atoms with Gasteiger partial charge >= 0.3 is 0 Å². The van der Waals surface area contributed by atoms with Gasteiger partial charge in [0.2, 0.25) is 0 Å². The molecule has 156 valence electrons. The van der Waals surface area contributed by atoms with Crippen LogP contribution >= 0.6 is 0 Å². The molecule has 0 aliphatic carbocycles. The molecule has 0 saturated heterocycles. The molecule has 2 aromatic heterocycles. The molecule has 4 aromatic rings. The Morgan fingerprint density at radius 1 is 1.10 bits per heavy atom. The third-order valence-electron chi connectivity index (χ3n) is 5.83. The summed E-state index contributed by atoms with van der Waals surface area (Å²) < 4.78 is 10.7. The molecular weight excluding hydrogens is 390 g/mol. The molecule has 0 bridgehead atoms. The number of aryl methyl sites for hydroxylation is 3. The van der Waals surface area contributed by atoms with Gasteiger partial charge in [-0.2, -0.15) is 0 Å². The van der Waals surface area contributed by atoms with Crippen LogP contribution in [0.25, 0.3) is 22.4 Å². The van der Waals surface area contributed by atoms with Crippen molar-refractivity contribution in [3.63, 3.8) is 0 Å². The fraction of sp³-hybridized carbons (Fsp3) is 0.240. The Hall–Kier alpha value is -3.67. The molecule has 0 radical (unpaired) electrons. The van der Waals surface area contributed by atoms with E-state index in [4.69, 9.17) is 9.26 Å². The number of anilines is 1. The number of rotatable bonds is 3. The molecule has 0 fully saturated rings. The molecule has 0 atom stereocenters. The van der Waals surface area contributed by atoms with E-state index in [0.29, 0.717) is 34.6 Å². The minimum atomic E-state index is -0.0572. The number of nitrogens with zero attached hydrogens (tertiary/aromatic N) is 3. The smallest absolute Gasteiger partial charge is 0.259 e. The lowest BCUT2D eigenvalue weighted by Gasteiger charge is -2.30. The first-order valence-corrected chi connectivity index (χ1v) is 10.4. The maximum atomic E-state index is 13.8. The van der Waals surface area contributed by atoms with E-state index >= 15 is 0 Å². The number of ether oxygens (including phenoxy) is 1. The summed E-state index contributed by atoms with van der Waals surface area (Å²) in [4.78, 5) is 20.3. The van der Waals surface area contributed by atoms with Crippen LogP contribution in [0.2, 0.25) is 0 Å². The van der Waals surface area contributed by atoms with Crippen molar-refractivity contribution in [1.82, 2.24) is 10.1 Å². The molecule has 31 heavy (non-hydrogen) atoms. The second-order valence-corrected chi connectivity index (χ2v) is 7.92. The molecule has 5 rings (SSSR count). The molecule has 6 heteroatoms. The topological polar surface area (TPSA) is 68.5 Å². The Labute approximate surface area is 180 Å². The van der Waals surface area contributed by atoms with Crippen LogP contribution in [0.1, 0.15) is 33.6 Å². The van der Waals surface area contributed by atoms with Crippen molar-refractivity contribution < 1.29 is 14.1 Å². The molecular formula is C25H23N3O3. The fourth-order valence-electron chi connectivity index (χ4n) is 4.26. The van der Waals surface area contributed by atoms with Crippen molar-refractivity contribution in [2.45, 2.75) is 26.7 Å². The first-order valence-electron chi connectivity index (χ1n) is 10.4. The fourth-order valence-corrected chi connectivity index (χ4v) is 4.26. The first-order chi connectivity index (χ1) is 15.0. The van der Waals surface area contributed by atoms with E-state index in [-0.39, 0.29) is 5.91 Å².